The summed E-state index contributed by atoms with van der Waals surface area (Å²) >= 11 is 5.69. The van der Waals surface area contributed by atoms with E-state index < -0.39 is 23.9 Å². The Morgan fingerprint density at radius 1 is 1.06 bits per heavy atom. The summed E-state index contributed by atoms with van der Waals surface area (Å²) in [6.45, 7) is 0.0825. The fourth-order valence-corrected chi connectivity index (χ4v) is 4.22. The lowest BCUT2D eigenvalue weighted by atomic mass is 9.98. The largest absolute Gasteiger partial charge is 0.480 e. The van der Waals surface area contributed by atoms with Crippen molar-refractivity contribution in [2.45, 2.75) is 18.4 Å². The maximum absolute atomic E-state index is 13.7. The number of fused-ring (bicyclic) bond motifs is 3. The van der Waals surface area contributed by atoms with Crippen LogP contribution in [-0.2, 0) is 16.0 Å². The number of hydrogen-bond donors (Lipinski definition) is 1. The number of amides is 1. The molecule has 1 atom stereocenters. The molecule has 0 saturated carbocycles. The molecule has 0 bridgehead atoms. The highest BCUT2D eigenvalue weighted by Crippen LogP contribution is 2.44. The van der Waals surface area contributed by atoms with Gasteiger partial charge in [0.15, 0.2) is 0 Å². The number of rotatable bonds is 6. The zero-order chi connectivity index (χ0) is 22.8. The molecule has 4 rings (SSSR count). The first kappa shape index (κ1) is 21.8. The number of benzene rings is 3. The zero-order valence-electron chi connectivity index (χ0n) is 17.3. The van der Waals surface area contributed by atoms with Gasteiger partial charge in [0.2, 0.25) is 0 Å². The number of halogens is 2. The number of ether oxygens (including phenoxy) is 1. The molecule has 32 heavy (non-hydrogen) atoms. The minimum Gasteiger partial charge on any atom is -0.480 e. The van der Waals surface area contributed by atoms with Crippen LogP contribution in [0.1, 0.15) is 22.6 Å². The smallest absolute Gasteiger partial charge is 0.410 e. The predicted octanol–water partition coefficient (Wildman–Crippen LogP) is 5.36. The summed E-state index contributed by atoms with van der Waals surface area (Å²) in [6, 6.07) is 18.8. The molecule has 0 saturated heterocycles. The van der Waals surface area contributed by atoms with E-state index in [4.69, 9.17) is 16.3 Å². The molecular formula is C25H21ClFNO4. The van der Waals surface area contributed by atoms with Gasteiger partial charge in [0.05, 0.1) is 5.02 Å². The van der Waals surface area contributed by atoms with E-state index in [0.717, 1.165) is 27.2 Å². The molecule has 1 aliphatic rings. The van der Waals surface area contributed by atoms with Crippen LogP contribution in [0.5, 0.6) is 0 Å². The van der Waals surface area contributed by atoms with E-state index in [9.17, 15) is 19.1 Å². The molecule has 1 N–H and O–H groups in total. The normalized spacial score (nSPS) is 13.2. The lowest BCUT2D eigenvalue weighted by Gasteiger charge is -2.25. The van der Waals surface area contributed by atoms with Gasteiger partial charge < -0.3 is 9.84 Å². The van der Waals surface area contributed by atoms with Crippen molar-refractivity contribution in [1.29, 1.82) is 0 Å². The quantitative estimate of drug-likeness (QED) is 0.546. The first-order valence-corrected chi connectivity index (χ1v) is 10.5. The molecule has 0 spiro atoms. The number of carbonyl (C=O) groups is 2. The molecule has 3 aromatic carbocycles. The molecule has 0 fully saturated rings. The molecule has 0 aromatic heterocycles. The first-order chi connectivity index (χ1) is 15.4. The Balaban J connectivity index is 1.48. The van der Waals surface area contributed by atoms with Crippen molar-refractivity contribution in [3.63, 3.8) is 0 Å². The Bertz CT molecular complexity index is 1140. The second-order valence-electron chi connectivity index (χ2n) is 7.72. The van der Waals surface area contributed by atoms with Crippen molar-refractivity contribution in [3.05, 3.63) is 94.3 Å². The Hall–Kier alpha value is -3.38. The van der Waals surface area contributed by atoms with Gasteiger partial charge in [0.25, 0.3) is 0 Å². The molecule has 0 aliphatic heterocycles. The van der Waals surface area contributed by atoms with E-state index >= 15 is 0 Å². The van der Waals surface area contributed by atoms with Gasteiger partial charge in [-0.3, -0.25) is 4.90 Å². The number of carbonyl (C=O) groups excluding carboxylic acids is 1. The highest BCUT2D eigenvalue weighted by Gasteiger charge is 2.32. The summed E-state index contributed by atoms with van der Waals surface area (Å²) in [5.41, 5.74) is 4.75. The van der Waals surface area contributed by atoms with Crippen LogP contribution in [0, 0.1) is 5.82 Å². The van der Waals surface area contributed by atoms with Crippen molar-refractivity contribution in [2.24, 2.45) is 0 Å². The van der Waals surface area contributed by atoms with Gasteiger partial charge in [-0.1, -0.05) is 66.2 Å². The van der Waals surface area contributed by atoms with Crippen LogP contribution < -0.4 is 0 Å². The highest BCUT2D eigenvalue weighted by atomic mass is 35.5. The van der Waals surface area contributed by atoms with Gasteiger partial charge >= 0.3 is 12.1 Å². The lowest BCUT2D eigenvalue weighted by Crippen LogP contribution is -2.44. The Kier molecular flexibility index (Phi) is 6.15. The summed E-state index contributed by atoms with van der Waals surface area (Å²) in [5.74, 6) is -1.98. The van der Waals surface area contributed by atoms with E-state index in [1.165, 1.54) is 25.2 Å². The monoisotopic (exact) mass is 453 g/mol. The molecule has 1 aliphatic carbocycles. The molecule has 1 amide bonds. The van der Waals surface area contributed by atoms with Crippen molar-refractivity contribution in [3.8, 4) is 11.1 Å². The van der Waals surface area contributed by atoms with Crippen LogP contribution in [0.4, 0.5) is 9.18 Å². The number of hydrogen-bond acceptors (Lipinski definition) is 3. The van der Waals surface area contributed by atoms with Crippen molar-refractivity contribution < 1.29 is 23.8 Å². The van der Waals surface area contributed by atoms with E-state index in [-0.39, 0.29) is 24.0 Å². The van der Waals surface area contributed by atoms with Crippen LogP contribution in [0.15, 0.2) is 66.7 Å². The molecule has 7 heteroatoms. The third-order valence-electron chi connectivity index (χ3n) is 5.79. The standard InChI is InChI=1S/C25H21ClFNO4/c1-28(23(24(29)30)13-15-10-11-21(26)22(27)12-15)25(31)32-14-20-18-8-4-2-6-16(18)17-7-3-5-9-19(17)20/h2-12,20,23H,13-14H2,1H3,(H,29,30). The van der Waals surface area contributed by atoms with Gasteiger partial charge in [-0.05, 0) is 39.9 Å². The minimum atomic E-state index is -1.22. The Morgan fingerprint density at radius 2 is 1.66 bits per heavy atom. The van der Waals surface area contributed by atoms with Crippen LogP contribution in [0.2, 0.25) is 5.02 Å². The average Bonchev–Trinajstić information content (AvgIpc) is 3.11. The van der Waals surface area contributed by atoms with Gasteiger partial charge in [0, 0.05) is 19.4 Å². The zero-order valence-corrected chi connectivity index (χ0v) is 18.1. The van der Waals surface area contributed by atoms with Gasteiger partial charge in [-0.15, -0.1) is 0 Å². The summed E-state index contributed by atoms with van der Waals surface area (Å²) in [5, 5.41) is 9.60. The minimum absolute atomic E-state index is 0.0504. The maximum atomic E-state index is 13.7. The summed E-state index contributed by atoms with van der Waals surface area (Å²) < 4.78 is 19.3. The molecule has 0 heterocycles. The van der Waals surface area contributed by atoms with Crippen LogP contribution >= 0.6 is 11.6 Å². The molecule has 1 unspecified atom stereocenters. The number of aliphatic carboxylic acids is 1. The van der Waals surface area contributed by atoms with Crippen molar-refractivity contribution in [1.82, 2.24) is 4.90 Å². The fraction of sp³-hybridized carbons (Fsp3) is 0.200. The molecule has 3 aromatic rings. The van der Waals surface area contributed by atoms with Gasteiger partial charge in [-0.25, -0.2) is 14.0 Å². The average molecular weight is 454 g/mol. The van der Waals surface area contributed by atoms with Crippen LogP contribution in [0.3, 0.4) is 0 Å². The summed E-state index contributed by atoms with van der Waals surface area (Å²) in [7, 11) is 1.37. The lowest BCUT2D eigenvalue weighted by molar-refractivity contribution is -0.142. The fourth-order valence-electron chi connectivity index (χ4n) is 4.10. The number of likely N-dealkylation sites (N-methyl/N-ethyl adjacent to an activating group) is 1. The molecule has 5 nitrogen and oxygen atoms in total. The SMILES string of the molecule is CN(C(=O)OCC1c2ccccc2-c2ccccc21)C(Cc1ccc(Cl)c(F)c1)C(=O)O. The van der Waals surface area contributed by atoms with E-state index in [2.05, 4.69) is 0 Å². The van der Waals surface area contributed by atoms with Crippen molar-refractivity contribution >= 4 is 23.7 Å². The second kappa shape index (κ2) is 9.01. The third-order valence-corrected chi connectivity index (χ3v) is 6.10. The van der Waals surface area contributed by atoms with E-state index in [0.29, 0.717) is 5.56 Å². The summed E-state index contributed by atoms with van der Waals surface area (Å²) in [4.78, 5) is 25.6. The number of nitrogens with zero attached hydrogens (tertiary/aromatic N) is 1. The van der Waals surface area contributed by atoms with Crippen molar-refractivity contribution in [2.75, 3.05) is 13.7 Å². The topological polar surface area (TPSA) is 66.8 Å². The van der Waals surface area contributed by atoms with Crippen LogP contribution in [0.25, 0.3) is 11.1 Å². The summed E-state index contributed by atoms with van der Waals surface area (Å²) in [6.07, 6.45) is -0.835. The predicted molar refractivity (Wildman–Crippen MR) is 119 cm³/mol. The van der Waals surface area contributed by atoms with E-state index in [1.807, 2.05) is 48.5 Å². The molecule has 164 valence electrons. The Morgan fingerprint density at radius 3 is 2.22 bits per heavy atom. The van der Waals surface area contributed by atoms with E-state index in [1.54, 1.807) is 0 Å². The highest BCUT2D eigenvalue weighted by molar-refractivity contribution is 6.30. The van der Waals surface area contributed by atoms with Gasteiger partial charge in [-0.2, -0.15) is 0 Å². The number of carboxylic acid groups (broad SMARTS) is 1. The Labute approximate surface area is 190 Å². The molecular weight excluding hydrogens is 433 g/mol. The maximum Gasteiger partial charge on any atom is 0.410 e. The molecule has 0 radical (unpaired) electrons. The van der Waals surface area contributed by atoms with Gasteiger partial charge in [0.1, 0.15) is 18.5 Å². The van der Waals surface area contributed by atoms with Crippen LogP contribution in [-0.4, -0.2) is 41.8 Å². The number of carboxylic acids is 1. The first-order valence-electron chi connectivity index (χ1n) is 10.1. The third kappa shape index (κ3) is 4.18. The second-order valence-corrected chi connectivity index (χ2v) is 8.13.